The van der Waals surface area contributed by atoms with Crippen LogP contribution in [0.3, 0.4) is 0 Å². The van der Waals surface area contributed by atoms with E-state index >= 15 is 0 Å². The second-order valence-corrected chi connectivity index (χ2v) is 6.22. The van der Waals surface area contributed by atoms with Crippen molar-refractivity contribution >= 4 is 12.0 Å². The molecule has 0 atom stereocenters. The van der Waals surface area contributed by atoms with Gasteiger partial charge in [-0.1, -0.05) is 13.8 Å². The molecule has 0 saturated carbocycles. The molecule has 0 aromatic heterocycles. The molecule has 1 heterocycles. The van der Waals surface area contributed by atoms with Gasteiger partial charge in [0.15, 0.2) is 0 Å². The molecular formula is C14H25FN2O3. The van der Waals surface area contributed by atoms with Crippen molar-refractivity contribution in [2.45, 2.75) is 64.8 Å². The van der Waals surface area contributed by atoms with E-state index in [2.05, 4.69) is 5.32 Å². The third kappa shape index (κ3) is 3.84. The minimum Gasteiger partial charge on any atom is -0.444 e. The van der Waals surface area contributed by atoms with E-state index in [4.69, 9.17) is 4.74 Å². The van der Waals surface area contributed by atoms with Gasteiger partial charge in [-0.15, -0.1) is 0 Å². The van der Waals surface area contributed by atoms with Gasteiger partial charge in [-0.25, -0.2) is 9.18 Å². The number of nitrogens with one attached hydrogen (secondary N) is 1. The fourth-order valence-electron chi connectivity index (χ4n) is 2.17. The van der Waals surface area contributed by atoms with E-state index < -0.39 is 23.4 Å². The van der Waals surface area contributed by atoms with Gasteiger partial charge in [0.1, 0.15) is 17.3 Å². The molecule has 0 spiro atoms. The molecule has 1 aliphatic heterocycles. The largest absolute Gasteiger partial charge is 0.444 e. The van der Waals surface area contributed by atoms with Gasteiger partial charge in [-0.05, 0) is 33.6 Å². The zero-order valence-corrected chi connectivity index (χ0v) is 13.0. The summed E-state index contributed by atoms with van der Waals surface area (Å²) in [6, 6.07) is 0. The smallest absolute Gasteiger partial charge is 0.408 e. The molecule has 1 aliphatic rings. The van der Waals surface area contributed by atoms with Gasteiger partial charge in [-0.3, -0.25) is 4.79 Å². The number of ether oxygens (including phenoxy) is 1. The zero-order chi connectivity index (χ0) is 15.6. The van der Waals surface area contributed by atoms with Crippen LogP contribution < -0.4 is 5.32 Å². The van der Waals surface area contributed by atoms with Crippen molar-refractivity contribution in [3.05, 3.63) is 0 Å². The third-order valence-corrected chi connectivity index (χ3v) is 3.48. The van der Waals surface area contributed by atoms with Gasteiger partial charge in [0.05, 0.1) is 13.1 Å². The molecule has 1 N–H and O–H groups in total. The molecular weight excluding hydrogens is 263 g/mol. The highest BCUT2D eigenvalue weighted by Crippen LogP contribution is 2.24. The molecule has 1 saturated heterocycles. The topological polar surface area (TPSA) is 58.6 Å². The number of hydrogen-bond donors (Lipinski definition) is 1. The SMILES string of the molecule is CCC(CC)(NC(=O)OC(C)(C)C)C(=O)N1CC(F)C1. The highest BCUT2D eigenvalue weighted by Gasteiger charge is 2.44. The van der Waals surface area contributed by atoms with Crippen LogP contribution in [0.2, 0.25) is 0 Å². The van der Waals surface area contributed by atoms with Crippen LogP contribution in [0.4, 0.5) is 9.18 Å². The predicted molar refractivity (Wildman–Crippen MR) is 74.2 cm³/mol. The molecule has 116 valence electrons. The van der Waals surface area contributed by atoms with Crippen LogP contribution >= 0.6 is 0 Å². The normalized spacial score (nSPS) is 16.6. The molecule has 0 aromatic carbocycles. The van der Waals surface area contributed by atoms with Gasteiger partial charge in [0, 0.05) is 0 Å². The summed E-state index contributed by atoms with van der Waals surface area (Å²) in [6.45, 7) is 9.15. The highest BCUT2D eigenvalue weighted by molar-refractivity contribution is 5.90. The molecule has 6 heteroatoms. The minimum atomic E-state index is -1.01. The van der Waals surface area contributed by atoms with Crippen molar-refractivity contribution in [1.82, 2.24) is 10.2 Å². The van der Waals surface area contributed by atoms with Crippen molar-refractivity contribution < 1.29 is 18.7 Å². The van der Waals surface area contributed by atoms with Crippen molar-refractivity contribution in [2.75, 3.05) is 13.1 Å². The molecule has 1 rings (SSSR count). The summed E-state index contributed by atoms with van der Waals surface area (Å²) < 4.78 is 18.1. The van der Waals surface area contributed by atoms with Gasteiger partial charge in [0.25, 0.3) is 0 Å². The zero-order valence-electron chi connectivity index (χ0n) is 13.0. The van der Waals surface area contributed by atoms with Crippen molar-refractivity contribution in [1.29, 1.82) is 0 Å². The number of likely N-dealkylation sites (tertiary alicyclic amines) is 1. The van der Waals surface area contributed by atoms with Crippen LogP contribution in [0.25, 0.3) is 0 Å². The maximum absolute atomic E-state index is 12.9. The molecule has 0 aromatic rings. The first-order valence-corrected chi connectivity index (χ1v) is 7.08. The van der Waals surface area contributed by atoms with Crippen LogP contribution in [0.5, 0.6) is 0 Å². The number of amides is 2. The van der Waals surface area contributed by atoms with E-state index in [-0.39, 0.29) is 19.0 Å². The number of nitrogens with zero attached hydrogens (tertiary/aromatic N) is 1. The van der Waals surface area contributed by atoms with Crippen LogP contribution in [-0.4, -0.2) is 47.3 Å². The second kappa shape index (κ2) is 5.97. The van der Waals surface area contributed by atoms with E-state index in [0.29, 0.717) is 12.8 Å². The van der Waals surface area contributed by atoms with Gasteiger partial charge >= 0.3 is 6.09 Å². The Hall–Kier alpha value is -1.33. The summed E-state index contributed by atoms with van der Waals surface area (Å²) in [5.74, 6) is -0.234. The minimum absolute atomic E-state index is 0.108. The number of alkyl halides is 1. The van der Waals surface area contributed by atoms with Crippen molar-refractivity contribution in [2.24, 2.45) is 0 Å². The van der Waals surface area contributed by atoms with E-state index in [1.54, 1.807) is 20.8 Å². The fourth-order valence-corrected chi connectivity index (χ4v) is 2.17. The van der Waals surface area contributed by atoms with Crippen LogP contribution in [0.1, 0.15) is 47.5 Å². The lowest BCUT2D eigenvalue weighted by atomic mass is 9.89. The maximum atomic E-state index is 12.9. The average molecular weight is 288 g/mol. The van der Waals surface area contributed by atoms with Crippen LogP contribution in [0, 0.1) is 0 Å². The van der Waals surface area contributed by atoms with Gasteiger partial charge in [0.2, 0.25) is 5.91 Å². The Labute approximate surface area is 119 Å². The molecule has 0 bridgehead atoms. The Morgan fingerprint density at radius 3 is 2.10 bits per heavy atom. The lowest BCUT2D eigenvalue weighted by Gasteiger charge is -2.42. The van der Waals surface area contributed by atoms with Gasteiger partial charge in [-0.2, -0.15) is 0 Å². The third-order valence-electron chi connectivity index (χ3n) is 3.48. The predicted octanol–water partition coefficient (Wildman–Crippen LogP) is 2.25. The quantitative estimate of drug-likeness (QED) is 0.863. The number of alkyl carbamates (subject to hydrolysis) is 1. The lowest BCUT2D eigenvalue weighted by molar-refractivity contribution is -0.146. The van der Waals surface area contributed by atoms with E-state index in [9.17, 15) is 14.0 Å². The molecule has 1 fully saturated rings. The number of carbonyl (C=O) groups excluding carboxylic acids is 2. The Kier molecular flexibility index (Phi) is 5.00. The van der Waals surface area contributed by atoms with Crippen molar-refractivity contribution in [3.8, 4) is 0 Å². The second-order valence-electron chi connectivity index (χ2n) is 6.22. The highest BCUT2D eigenvalue weighted by atomic mass is 19.1. The number of carbonyl (C=O) groups is 2. The Morgan fingerprint density at radius 2 is 1.75 bits per heavy atom. The lowest BCUT2D eigenvalue weighted by Crippen LogP contribution is -2.64. The Morgan fingerprint density at radius 1 is 1.25 bits per heavy atom. The first kappa shape index (κ1) is 16.7. The monoisotopic (exact) mass is 288 g/mol. The van der Waals surface area contributed by atoms with E-state index in [1.165, 1.54) is 4.90 Å². The Balaban J connectivity index is 2.76. The maximum Gasteiger partial charge on any atom is 0.408 e. The van der Waals surface area contributed by atoms with Crippen LogP contribution in [0.15, 0.2) is 0 Å². The summed E-state index contributed by atoms with van der Waals surface area (Å²) in [6.07, 6.45) is -0.692. The fraction of sp³-hybridized carbons (Fsp3) is 0.857. The summed E-state index contributed by atoms with van der Waals surface area (Å²) in [5, 5.41) is 2.68. The molecule has 0 radical (unpaired) electrons. The number of hydrogen-bond acceptors (Lipinski definition) is 3. The first-order valence-electron chi connectivity index (χ1n) is 7.08. The van der Waals surface area contributed by atoms with Gasteiger partial charge < -0.3 is 15.0 Å². The molecule has 0 aliphatic carbocycles. The molecule has 5 nitrogen and oxygen atoms in total. The molecule has 2 amide bonds. The average Bonchev–Trinajstić information content (AvgIpc) is 2.29. The summed E-state index contributed by atoms with van der Waals surface area (Å²) in [7, 11) is 0. The van der Waals surface area contributed by atoms with E-state index in [1.807, 2.05) is 13.8 Å². The number of rotatable bonds is 4. The summed E-state index contributed by atoms with van der Waals surface area (Å²) in [5.41, 5.74) is -1.64. The van der Waals surface area contributed by atoms with Crippen molar-refractivity contribution in [3.63, 3.8) is 0 Å². The van der Waals surface area contributed by atoms with E-state index in [0.717, 1.165) is 0 Å². The Bertz CT molecular complexity index is 369. The summed E-state index contributed by atoms with van der Waals surface area (Å²) in [4.78, 5) is 25.8. The molecule has 20 heavy (non-hydrogen) atoms. The summed E-state index contributed by atoms with van der Waals surface area (Å²) >= 11 is 0. The molecule has 0 unspecified atom stereocenters. The van der Waals surface area contributed by atoms with Crippen LogP contribution in [-0.2, 0) is 9.53 Å². The number of halogens is 1. The first-order chi connectivity index (χ1) is 9.13. The standard InChI is InChI=1S/C14H25FN2O3/c1-6-14(7-2,11(18)17-8-10(15)9-17)16-12(19)20-13(3,4)5/h10H,6-9H2,1-5H3,(H,16,19).